The zero-order chi connectivity index (χ0) is 11.9. The van der Waals surface area contributed by atoms with E-state index in [2.05, 4.69) is 20.3 Å². The molecule has 2 rings (SSSR count). The molecule has 0 saturated carbocycles. The fourth-order valence-corrected chi connectivity index (χ4v) is 1.39. The molecule has 0 unspecified atom stereocenters. The second-order valence-electron chi connectivity index (χ2n) is 3.51. The topological polar surface area (TPSA) is 59.9 Å². The monoisotopic (exact) mass is 230 g/mol. The number of nitrogens with one attached hydrogen (secondary N) is 1. The summed E-state index contributed by atoms with van der Waals surface area (Å²) in [6, 6.07) is 5.72. The van der Waals surface area contributed by atoms with Crippen LogP contribution < -0.4 is 10.1 Å². The van der Waals surface area contributed by atoms with E-state index in [-0.39, 0.29) is 0 Å². The summed E-state index contributed by atoms with van der Waals surface area (Å²) in [5.41, 5.74) is 2.08. The van der Waals surface area contributed by atoms with Gasteiger partial charge in [-0.1, -0.05) is 6.07 Å². The first kappa shape index (κ1) is 11.5. The van der Waals surface area contributed by atoms with E-state index in [1.54, 1.807) is 25.8 Å². The highest BCUT2D eigenvalue weighted by molar-refractivity contribution is 5.17. The Morgan fingerprint density at radius 3 is 2.76 bits per heavy atom. The molecule has 0 aliphatic rings. The molecule has 2 heterocycles. The van der Waals surface area contributed by atoms with Gasteiger partial charge in [-0.05, 0) is 11.6 Å². The third-order valence-electron chi connectivity index (χ3n) is 2.29. The van der Waals surface area contributed by atoms with Gasteiger partial charge < -0.3 is 10.1 Å². The van der Waals surface area contributed by atoms with Gasteiger partial charge >= 0.3 is 0 Å². The summed E-state index contributed by atoms with van der Waals surface area (Å²) < 4.78 is 4.99. The summed E-state index contributed by atoms with van der Waals surface area (Å²) in [4.78, 5) is 12.1. The maximum Gasteiger partial charge on any atom is 0.212 e. The van der Waals surface area contributed by atoms with Gasteiger partial charge in [0.15, 0.2) is 0 Å². The number of aromatic nitrogens is 3. The Labute approximate surface area is 99.9 Å². The van der Waals surface area contributed by atoms with Crippen molar-refractivity contribution in [1.82, 2.24) is 20.3 Å². The highest BCUT2D eigenvalue weighted by Crippen LogP contribution is 2.06. The maximum absolute atomic E-state index is 4.99. The largest absolute Gasteiger partial charge is 0.481 e. The Morgan fingerprint density at radius 2 is 2.12 bits per heavy atom. The van der Waals surface area contributed by atoms with Crippen molar-refractivity contribution < 1.29 is 4.74 Å². The molecule has 0 aromatic carbocycles. The van der Waals surface area contributed by atoms with E-state index in [0.29, 0.717) is 12.4 Å². The third-order valence-corrected chi connectivity index (χ3v) is 2.29. The van der Waals surface area contributed by atoms with Gasteiger partial charge in [0.2, 0.25) is 5.88 Å². The second kappa shape index (κ2) is 5.91. The van der Waals surface area contributed by atoms with Crippen molar-refractivity contribution >= 4 is 0 Å². The zero-order valence-corrected chi connectivity index (χ0v) is 9.63. The van der Waals surface area contributed by atoms with Gasteiger partial charge in [-0.25, -0.2) is 15.0 Å². The van der Waals surface area contributed by atoms with Crippen LogP contribution >= 0.6 is 0 Å². The predicted molar refractivity (Wildman–Crippen MR) is 63.4 cm³/mol. The van der Waals surface area contributed by atoms with Crippen molar-refractivity contribution in [2.75, 3.05) is 7.11 Å². The minimum Gasteiger partial charge on any atom is -0.481 e. The van der Waals surface area contributed by atoms with E-state index in [1.807, 2.05) is 18.2 Å². The molecule has 0 aliphatic carbocycles. The molecule has 0 radical (unpaired) electrons. The average Bonchev–Trinajstić information content (AvgIpc) is 2.41. The van der Waals surface area contributed by atoms with Crippen LogP contribution in [0.25, 0.3) is 0 Å². The van der Waals surface area contributed by atoms with Crippen LogP contribution in [0.15, 0.2) is 36.9 Å². The SMILES string of the molecule is COc1ccc(CNCc2ccncn2)cn1. The van der Waals surface area contributed by atoms with Crippen LogP contribution in [0.1, 0.15) is 11.3 Å². The minimum atomic E-state index is 0.629. The lowest BCUT2D eigenvalue weighted by Crippen LogP contribution is -2.13. The number of rotatable bonds is 5. The molecule has 0 amide bonds. The Kier molecular flexibility index (Phi) is 3.99. The van der Waals surface area contributed by atoms with Gasteiger partial charge in [0.25, 0.3) is 0 Å². The van der Waals surface area contributed by atoms with E-state index in [0.717, 1.165) is 17.8 Å². The van der Waals surface area contributed by atoms with Gasteiger partial charge in [0, 0.05) is 31.5 Å². The van der Waals surface area contributed by atoms with Crippen molar-refractivity contribution in [2.45, 2.75) is 13.1 Å². The molecular formula is C12H14N4O. The van der Waals surface area contributed by atoms with Gasteiger partial charge in [0.1, 0.15) is 6.33 Å². The van der Waals surface area contributed by atoms with E-state index >= 15 is 0 Å². The zero-order valence-electron chi connectivity index (χ0n) is 9.63. The third kappa shape index (κ3) is 3.49. The molecule has 0 saturated heterocycles. The molecule has 5 heteroatoms. The highest BCUT2D eigenvalue weighted by Gasteiger charge is 1.96. The summed E-state index contributed by atoms with van der Waals surface area (Å²) >= 11 is 0. The van der Waals surface area contributed by atoms with Crippen LogP contribution in [0.3, 0.4) is 0 Å². The molecule has 0 fully saturated rings. The van der Waals surface area contributed by atoms with Crippen LogP contribution in [0.2, 0.25) is 0 Å². The first-order valence-electron chi connectivity index (χ1n) is 5.33. The Morgan fingerprint density at radius 1 is 1.18 bits per heavy atom. The van der Waals surface area contributed by atoms with E-state index in [1.165, 1.54) is 0 Å². The lowest BCUT2D eigenvalue weighted by atomic mass is 10.3. The molecule has 5 nitrogen and oxygen atoms in total. The predicted octanol–water partition coefficient (Wildman–Crippen LogP) is 1.17. The number of ether oxygens (including phenoxy) is 1. The highest BCUT2D eigenvalue weighted by atomic mass is 16.5. The molecule has 2 aromatic rings. The van der Waals surface area contributed by atoms with Crippen LogP contribution in [-0.2, 0) is 13.1 Å². The number of hydrogen-bond acceptors (Lipinski definition) is 5. The van der Waals surface area contributed by atoms with E-state index in [4.69, 9.17) is 4.74 Å². The number of methoxy groups -OCH3 is 1. The maximum atomic E-state index is 4.99. The van der Waals surface area contributed by atoms with Crippen molar-refractivity contribution in [1.29, 1.82) is 0 Å². The molecule has 2 aromatic heterocycles. The van der Waals surface area contributed by atoms with E-state index in [9.17, 15) is 0 Å². The van der Waals surface area contributed by atoms with Crippen molar-refractivity contribution in [2.24, 2.45) is 0 Å². The van der Waals surface area contributed by atoms with E-state index < -0.39 is 0 Å². The number of pyridine rings is 1. The summed E-state index contributed by atoms with van der Waals surface area (Å²) in [6.07, 6.45) is 5.08. The summed E-state index contributed by atoms with van der Waals surface area (Å²) in [5, 5.41) is 3.28. The molecule has 1 N–H and O–H groups in total. The van der Waals surface area contributed by atoms with Crippen LogP contribution in [0, 0.1) is 0 Å². The lowest BCUT2D eigenvalue weighted by Gasteiger charge is -2.04. The van der Waals surface area contributed by atoms with Gasteiger partial charge in [0.05, 0.1) is 12.8 Å². The van der Waals surface area contributed by atoms with Gasteiger partial charge in [-0.2, -0.15) is 0 Å². The average molecular weight is 230 g/mol. The van der Waals surface area contributed by atoms with Crippen LogP contribution in [0.4, 0.5) is 0 Å². The molecule has 0 bridgehead atoms. The fourth-order valence-electron chi connectivity index (χ4n) is 1.39. The Bertz CT molecular complexity index is 444. The molecule has 0 aliphatic heterocycles. The number of nitrogens with zero attached hydrogens (tertiary/aromatic N) is 3. The Hall–Kier alpha value is -2.01. The van der Waals surface area contributed by atoms with Crippen molar-refractivity contribution in [3.05, 3.63) is 48.2 Å². The smallest absolute Gasteiger partial charge is 0.212 e. The quantitative estimate of drug-likeness (QED) is 0.835. The summed E-state index contributed by atoms with van der Waals surface area (Å²) in [7, 11) is 1.61. The molecule has 17 heavy (non-hydrogen) atoms. The normalized spacial score (nSPS) is 10.2. The fraction of sp³-hybridized carbons (Fsp3) is 0.250. The standard InChI is InChI=1S/C12H14N4O/c1-17-12-3-2-10(7-15-12)6-14-8-11-4-5-13-9-16-11/h2-5,7,9,14H,6,8H2,1H3. The Balaban J connectivity index is 1.82. The first-order valence-corrected chi connectivity index (χ1v) is 5.33. The summed E-state index contributed by atoms with van der Waals surface area (Å²) in [5.74, 6) is 0.629. The minimum absolute atomic E-state index is 0.629. The van der Waals surface area contributed by atoms with Crippen LogP contribution in [0.5, 0.6) is 5.88 Å². The van der Waals surface area contributed by atoms with Crippen molar-refractivity contribution in [3.8, 4) is 5.88 Å². The molecular weight excluding hydrogens is 216 g/mol. The molecule has 0 spiro atoms. The first-order chi connectivity index (χ1) is 8.38. The lowest BCUT2D eigenvalue weighted by molar-refractivity contribution is 0.397. The molecule has 0 atom stereocenters. The second-order valence-corrected chi connectivity index (χ2v) is 3.51. The van der Waals surface area contributed by atoms with Crippen molar-refractivity contribution in [3.63, 3.8) is 0 Å². The molecule has 88 valence electrons. The van der Waals surface area contributed by atoms with Crippen LogP contribution in [-0.4, -0.2) is 22.1 Å². The number of hydrogen-bond donors (Lipinski definition) is 1. The summed E-state index contributed by atoms with van der Waals surface area (Å²) in [6.45, 7) is 1.47. The van der Waals surface area contributed by atoms with Gasteiger partial charge in [-0.15, -0.1) is 0 Å². The van der Waals surface area contributed by atoms with Gasteiger partial charge in [-0.3, -0.25) is 0 Å².